The van der Waals surface area contributed by atoms with Crippen LogP contribution in [-0.2, 0) is 23.9 Å². The molecule has 0 bridgehead atoms. The van der Waals surface area contributed by atoms with Crippen LogP contribution in [0.2, 0.25) is 5.02 Å². The van der Waals surface area contributed by atoms with Crippen molar-refractivity contribution in [3.63, 3.8) is 0 Å². The molecule has 7 heteroatoms. The van der Waals surface area contributed by atoms with Gasteiger partial charge < -0.3 is 14.4 Å². The van der Waals surface area contributed by atoms with E-state index in [9.17, 15) is 14.4 Å². The number of ketones is 1. The predicted octanol–water partition coefficient (Wildman–Crippen LogP) is 3.53. The van der Waals surface area contributed by atoms with E-state index in [0.717, 1.165) is 0 Å². The molecule has 1 heterocycles. The first-order valence-electron chi connectivity index (χ1n) is 8.85. The van der Waals surface area contributed by atoms with Gasteiger partial charge in [-0.05, 0) is 52.0 Å². The Bertz CT molecular complexity index is 771. The molecule has 0 aromatic heterocycles. The number of benzene rings is 1. The van der Waals surface area contributed by atoms with Crippen LogP contribution in [-0.4, -0.2) is 37.5 Å². The average Bonchev–Trinajstić information content (AvgIpc) is 2.63. The number of rotatable bonds is 6. The molecule has 0 radical (unpaired) electrons. The number of ether oxygens (including phenoxy) is 2. The van der Waals surface area contributed by atoms with Crippen molar-refractivity contribution in [3.05, 3.63) is 40.6 Å². The van der Waals surface area contributed by atoms with Crippen molar-refractivity contribution in [2.75, 3.05) is 24.7 Å². The molecule has 0 N–H and O–H groups in total. The van der Waals surface area contributed by atoms with Crippen LogP contribution in [0.15, 0.2) is 35.5 Å². The summed E-state index contributed by atoms with van der Waals surface area (Å²) in [5, 5.41) is 0.561. The topological polar surface area (TPSA) is 72.9 Å². The fourth-order valence-electron chi connectivity index (χ4n) is 3.17. The molecular formula is C20H24ClNO5. The minimum Gasteiger partial charge on any atom is -0.465 e. The molecule has 0 fully saturated rings. The van der Waals surface area contributed by atoms with Crippen molar-refractivity contribution in [1.82, 2.24) is 0 Å². The smallest absolute Gasteiger partial charge is 0.335 e. The van der Waals surface area contributed by atoms with Gasteiger partial charge in [0.15, 0.2) is 0 Å². The molecule has 1 aliphatic heterocycles. The number of Topliss-reactive ketones (excluding diaryl/α,β-unsaturated/α-hetero) is 1. The van der Waals surface area contributed by atoms with Crippen LogP contribution in [0.5, 0.6) is 0 Å². The molecule has 1 unspecified atom stereocenters. The fraction of sp³-hybridized carbons (Fsp3) is 0.450. The van der Waals surface area contributed by atoms with Crippen LogP contribution in [0.25, 0.3) is 0 Å². The van der Waals surface area contributed by atoms with Gasteiger partial charge in [-0.3, -0.25) is 9.59 Å². The SMILES string of the molecule is CCOC(=O)C1=C(C)N(c2ccc(Cl)cc2)CC(C(C)=O)(C(=O)OCC)C1. The molecule has 0 saturated carbocycles. The molecule has 0 saturated heterocycles. The Kier molecular flexibility index (Phi) is 6.65. The standard InChI is InChI=1S/C20H24ClNO5/c1-5-26-18(24)17-11-20(14(4)23,19(25)27-6-2)12-22(13(17)3)16-9-7-15(21)8-10-16/h7-10H,5-6,11-12H2,1-4H3. The maximum Gasteiger partial charge on any atom is 0.335 e. The molecule has 0 spiro atoms. The highest BCUT2D eigenvalue weighted by atomic mass is 35.5. The second-order valence-electron chi connectivity index (χ2n) is 6.38. The van der Waals surface area contributed by atoms with Crippen LogP contribution in [0.3, 0.4) is 0 Å². The highest BCUT2D eigenvalue weighted by molar-refractivity contribution is 6.30. The minimum atomic E-state index is -1.47. The largest absolute Gasteiger partial charge is 0.465 e. The summed E-state index contributed by atoms with van der Waals surface area (Å²) < 4.78 is 10.4. The van der Waals surface area contributed by atoms with Crippen molar-refractivity contribution in [2.24, 2.45) is 5.41 Å². The van der Waals surface area contributed by atoms with E-state index in [2.05, 4.69) is 0 Å². The van der Waals surface area contributed by atoms with Gasteiger partial charge in [-0.25, -0.2) is 4.79 Å². The normalized spacial score (nSPS) is 19.7. The first kappa shape index (κ1) is 21.0. The van der Waals surface area contributed by atoms with E-state index in [0.29, 0.717) is 22.0 Å². The highest BCUT2D eigenvalue weighted by Crippen LogP contribution is 2.40. The molecule has 6 nitrogen and oxygen atoms in total. The van der Waals surface area contributed by atoms with Gasteiger partial charge in [0.1, 0.15) is 11.2 Å². The first-order chi connectivity index (χ1) is 12.8. The molecule has 2 rings (SSSR count). The number of carbonyl (C=O) groups is 3. The van der Waals surface area contributed by atoms with E-state index in [1.54, 1.807) is 49.9 Å². The zero-order valence-corrected chi connectivity index (χ0v) is 16.8. The van der Waals surface area contributed by atoms with Crippen LogP contribution >= 0.6 is 11.6 Å². The molecule has 0 amide bonds. The van der Waals surface area contributed by atoms with E-state index >= 15 is 0 Å². The van der Waals surface area contributed by atoms with Crippen molar-refractivity contribution < 1.29 is 23.9 Å². The molecule has 1 aromatic carbocycles. The third kappa shape index (κ3) is 4.16. The molecule has 27 heavy (non-hydrogen) atoms. The zero-order chi connectivity index (χ0) is 20.2. The summed E-state index contributed by atoms with van der Waals surface area (Å²) in [6.45, 7) is 6.93. The third-order valence-corrected chi connectivity index (χ3v) is 5.00. The Hall–Kier alpha value is -2.34. The molecule has 1 aliphatic rings. The van der Waals surface area contributed by atoms with E-state index in [1.165, 1.54) is 6.92 Å². The summed E-state index contributed by atoms with van der Waals surface area (Å²) in [7, 11) is 0. The van der Waals surface area contributed by atoms with Crippen molar-refractivity contribution in [1.29, 1.82) is 0 Å². The number of esters is 2. The Balaban J connectivity index is 2.61. The van der Waals surface area contributed by atoms with E-state index in [-0.39, 0.29) is 32.0 Å². The molecule has 1 aromatic rings. The summed E-state index contributed by atoms with van der Waals surface area (Å²) in [4.78, 5) is 39.6. The quantitative estimate of drug-likeness (QED) is 0.543. The third-order valence-electron chi connectivity index (χ3n) is 4.75. The van der Waals surface area contributed by atoms with Crippen molar-refractivity contribution >= 4 is 35.0 Å². The van der Waals surface area contributed by atoms with Gasteiger partial charge in [-0.1, -0.05) is 11.6 Å². The van der Waals surface area contributed by atoms with Gasteiger partial charge in [-0.2, -0.15) is 0 Å². The van der Waals surface area contributed by atoms with Crippen molar-refractivity contribution in [2.45, 2.75) is 34.1 Å². The highest BCUT2D eigenvalue weighted by Gasteiger charge is 2.51. The lowest BCUT2D eigenvalue weighted by atomic mass is 9.74. The number of hydrogen-bond acceptors (Lipinski definition) is 6. The molecular weight excluding hydrogens is 370 g/mol. The summed E-state index contributed by atoms with van der Waals surface area (Å²) >= 11 is 5.97. The number of allylic oxidation sites excluding steroid dienone is 1. The molecule has 1 atom stereocenters. The van der Waals surface area contributed by atoms with E-state index in [4.69, 9.17) is 21.1 Å². The summed E-state index contributed by atoms with van der Waals surface area (Å²) in [5.41, 5.74) is 0.170. The van der Waals surface area contributed by atoms with Gasteiger partial charge in [-0.15, -0.1) is 0 Å². The lowest BCUT2D eigenvalue weighted by molar-refractivity contribution is -0.159. The van der Waals surface area contributed by atoms with Gasteiger partial charge in [0.05, 0.1) is 18.8 Å². The first-order valence-corrected chi connectivity index (χ1v) is 9.22. The molecule has 0 aliphatic carbocycles. The maximum atomic E-state index is 12.8. The van der Waals surface area contributed by atoms with Crippen molar-refractivity contribution in [3.8, 4) is 0 Å². The van der Waals surface area contributed by atoms with Crippen LogP contribution in [0.4, 0.5) is 5.69 Å². The average molecular weight is 394 g/mol. The second kappa shape index (κ2) is 8.57. The van der Waals surface area contributed by atoms with Gasteiger partial charge >= 0.3 is 11.9 Å². The van der Waals surface area contributed by atoms with E-state index in [1.807, 2.05) is 0 Å². The summed E-state index contributed by atoms with van der Waals surface area (Å²) in [6, 6.07) is 6.97. The maximum absolute atomic E-state index is 12.8. The number of halogens is 1. The number of nitrogens with zero attached hydrogens (tertiary/aromatic N) is 1. The predicted molar refractivity (Wildman–Crippen MR) is 102 cm³/mol. The molecule has 146 valence electrons. The number of anilines is 1. The zero-order valence-electron chi connectivity index (χ0n) is 16.0. The second-order valence-corrected chi connectivity index (χ2v) is 6.82. The lowest BCUT2D eigenvalue weighted by Gasteiger charge is -2.41. The number of hydrogen-bond donors (Lipinski definition) is 0. The fourth-order valence-corrected chi connectivity index (χ4v) is 3.29. The van der Waals surface area contributed by atoms with Gasteiger partial charge in [0.2, 0.25) is 0 Å². The van der Waals surface area contributed by atoms with Gasteiger partial charge in [0.25, 0.3) is 0 Å². The monoisotopic (exact) mass is 393 g/mol. The summed E-state index contributed by atoms with van der Waals surface area (Å²) in [6.07, 6.45) is -0.0457. The summed E-state index contributed by atoms with van der Waals surface area (Å²) in [5.74, 6) is -1.52. The van der Waals surface area contributed by atoms with Crippen LogP contribution < -0.4 is 4.90 Å². The van der Waals surface area contributed by atoms with E-state index < -0.39 is 17.4 Å². The van der Waals surface area contributed by atoms with Crippen LogP contribution in [0, 0.1) is 5.41 Å². The Morgan fingerprint density at radius 3 is 2.22 bits per heavy atom. The number of carbonyl (C=O) groups excluding carboxylic acids is 3. The Morgan fingerprint density at radius 2 is 1.70 bits per heavy atom. The Labute approximate surface area is 164 Å². The minimum absolute atomic E-state index is 0.0457. The van der Waals surface area contributed by atoms with Gasteiger partial charge in [0, 0.05) is 29.4 Å². The lowest BCUT2D eigenvalue weighted by Crippen LogP contribution is -2.52. The Morgan fingerprint density at radius 1 is 1.11 bits per heavy atom. The van der Waals surface area contributed by atoms with Crippen LogP contribution in [0.1, 0.15) is 34.1 Å².